The largest absolute Gasteiger partial charge is 0.339 e. The lowest BCUT2D eigenvalue weighted by Crippen LogP contribution is -2.12. The van der Waals surface area contributed by atoms with Gasteiger partial charge in [0, 0.05) is 34.0 Å². The van der Waals surface area contributed by atoms with Gasteiger partial charge < -0.3 is 9.84 Å². The number of hydrogen-bond acceptors (Lipinski definition) is 4. The Kier molecular flexibility index (Phi) is 4.98. The lowest BCUT2D eigenvalue weighted by Gasteiger charge is -2.08. The average molecular weight is 422 g/mol. The first-order valence-corrected chi connectivity index (χ1v) is 9.34. The van der Waals surface area contributed by atoms with Gasteiger partial charge in [0.15, 0.2) is 0 Å². The predicted molar refractivity (Wildman–Crippen MR) is 108 cm³/mol. The molecule has 5 nitrogen and oxygen atoms in total. The first-order valence-electron chi connectivity index (χ1n) is 8.55. The van der Waals surface area contributed by atoms with Gasteiger partial charge in [-0.15, -0.1) is 0 Å². The minimum atomic E-state index is -0.0882. The zero-order chi connectivity index (χ0) is 18.6. The molecule has 0 aliphatic heterocycles. The number of carbonyl (C=O) groups excluding carboxylic acids is 1. The Morgan fingerprint density at radius 2 is 1.78 bits per heavy atom. The van der Waals surface area contributed by atoms with Gasteiger partial charge in [-0.2, -0.15) is 4.98 Å². The maximum absolute atomic E-state index is 12.3. The summed E-state index contributed by atoms with van der Waals surface area (Å²) in [7, 11) is 0. The number of nitrogens with one attached hydrogen (secondary N) is 1. The first kappa shape index (κ1) is 17.4. The molecule has 0 aliphatic rings. The van der Waals surface area contributed by atoms with E-state index in [4.69, 9.17) is 4.52 Å². The maximum atomic E-state index is 12.3. The molecular weight excluding hydrogens is 406 g/mol. The number of benzene rings is 3. The van der Waals surface area contributed by atoms with Gasteiger partial charge in [0.25, 0.3) is 0 Å². The minimum absolute atomic E-state index is 0.0882. The predicted octanol–water partition coefficient (Wildman–Crippen LogP) is 5.22. The number of aryl methyl sites for hydroxylation is 1. The summed E-state index contributed by atoms with van der Waals surface area (Å²) >= 11 is 3.40. The fraction of sp³-hybridized carbons (Fsp3) is 0.0952. The summed E-state index contributed by atoms with van der Waals surface area (Å²) in [6.45, 7) is 0. The monoisotopic (exact) mass is 421 g/mol. The molecule has 0 saturated carbocycles. The highest BCUT2D eigenvalue weighted by atomic mass is 79.9. The molecule has 0 radical (unpaired) electrons. The van der Waals surface area contributed by atoms with Crippen molar-refractivity contribution in [3.05, 3.63) is 77.1 Å². The standard InChI is InChI=1S/C21H16BrN3O2/c22-16-10-8-15(9-11-16)21-24-20(27-25-21)13-12-19(26)23-18-7-3-5-14-4-1-2-6-17(14)18/h1-11H,12-13H2,(H,23,26). The van der Waals surface area contributed by atoms with E-state index in [2.05, 4.69) is 31.4 Å². The first-order chi connectivity index (χ1) is 13.2. The van der Waals surface area contributed by atoms with Crippen LogP contribution in [0.4, 0.5) is 5.69 Å². The normalized spacial score (nSPS) is 10.9. The summed E-state index contributed by atoms with van der Waals surface area (Å²) in [5.41, 5.74) is 1.67. The third-order valence-electron chi connectivity index (χ3n) is 4.20. The lowest BCUT2D eigenvalue weighted by atomic mass is 10.1. The highest BCUT2D eigenvalue weighted by molar-refractivity contribution is 9.10. The van der Waals surface area contributed by atoms with Gasteiger partial charge in [0.05, 0.1) is 0 Å². The summed E-state index contributed by atoms with van der Waals surface area (Å²) < 4.78 is 6.25. The van der Waals surface area contributed by atoms with E-state index in [1.165, 1.54) is 0 Å². The van der Waals surface area contributed by atoms with Crippen molar-refractivity contribution in [1.82, 2.24) is 10.1 Å². The topological polar surface area (TPSA) is 68.0 Å². The molecule has 3 aromatic carbocycles. The van der Waals surface area contributed by atoms with Crippen molar-refractivity contribution in [2.75, 3.05) is 5.32 Å². The second-order valence-corrected chi connectivity index (χ2v) is 7.01. The van der Waals surface area contributed by atoms with Crippen LogP contribution in [0.2, 0.25) is 0 Å². The van der Waals surface area contributed by atoms with Crippen molar-refractivity contribution in [3.63, 3.8) is 0 Å². The number of carbonyl (C=O) groups is 1. The van der Waals surface area contributed by atoms with Gasteiger partial charge >= 0.3 is 0 Å². The van der Waals surface area contributed by atoms with Gasteiger partial charge in [-0.3, -0.25) is 4.79 Å². The molecule has 27 heavy (non-hydrogen) atoms. The maximum Gasteiger partial charge on any atom is 0.227 e. The molecule has 134 valence electrons. The molecule has 0 unspecified atom stereocenters. The number of rotatable bonds is 5. The highest BCUT2D eigenvalue weighted by Crippen LogP contribution is 2.23. The number of nitrogens with zero attached hydrogens (tertiary/aromatic N) is 2. The van der Waals surface area contributed by atoms with E-state index in [0.717, 1.165) is 26.5 Å². The van der Waals surface area contributed by atoms with Crippen LogP contribution in [0.5, 0.6) is 0 Å². The van der Waals surface area contributed by atoms with Crippen LogP contribution in [0.1, 0.15) is 12.3 Å². The third-order valence-corrected chi connectivity index (χ3v) is 4.73. The molecule has 4 rings (SSSR count). The molecule has 1 amide bonds. The molecule has 0 aliphatic carbocycles. The summed E-state index contributed by atoms with van der Waals surface area (Å²) in [4.78, 5) is 16.7. The van der Waals surface area contributed by atoms with E-state index in [9.17, 15) is 4.79 Å². The Morgan fingerprint density at radius 1 is 1.00 bits per heavy atom. The van der Waals surface area contributed by atoms with Crippen molar-refractivity contribution in [2.24, 2.45) is 0 Å². The summed E-state index contributed by atoms with van der Waals surface area (Å²) in [5, 5.41) is 9.06. The van der Waals surface area contributed by atoms with E-state index in [1.54, 1.807) is 0 Å². The number of fused-ring (bicyclic) bond motifs is 1. The van der Waals surface area contributed by atoms with E-state index < -0.39 is 0 Å². The number of anilines is 1. The molecule has 0 fully saturated rings. The van der Waals surface area contributed by atoms with Crippen LogP contribution in [0.25, 0.3) is 22.2 Å². The number of halogens is 1. The minimum Gasteiger partial charge on any atom is -0.339 e. The zero-order valence-corrected chi connectivity index (χ0v) is 15.9. The Bertz CT molecular complexity index is 1080. The smallest absolute Gasteiger partial charge is 0.227 e. The van der Waals surface area contributed by atoms with Crippen LogP contribution in [-0.2, 0) is 11.2 Å². The molecule has 0 spiro atoms. The second kappa shape index (κ2) is 7.72. The summed E-state index contributed by atoms with van der Waals surface area (Å²) in [6, 6.07) is 21.5. The number of aromatic nitrogens is 2. The van der Waals surface area contributed by atoms with Crippen molar-refractivity contribution in [1.29, 1.82) is 0 Å². The van der Waals surface area contributed by atoms with Gasteiger partial charge in [-0.25, -0.2) is 0 Å². The molecule has 6 heteroatoms. The van der Waals surface area contributed by atoms with E-state index >= 15 is 0 Å². The van der Waals surface area contributed by atoms with Crippen LogP contribution < -0.4 is 5.32 Å². The Balaban J connectivity index is 1.40. The summed E-state index contributed by atoms with van der Waals surface area (Å²) in [5.74, 6) is 0.877. The molecule has 1 N–H and O–H groups in total. The van der Waals surface area contributed by atoms with Crippen molar-refractivity contribution >= 4 is 38.3 Å². The molecular formula is C21H16BrN3O2. The van der Waals surface area contributed by atoms with Crippen LogP contribution in [-0.4, -0.2) is 16.0 Å². The van der Waals surface area contributed by atoms with Crippen molar-refractivity contribution < 1.29 is 9.32 Å². The molecule has 1 heterocycles. The van der Waals surface area contributed by atoms with E-state index in [1.807, 2.05) is 66.7 Å². The fourth-order valence-electron chi connectivity index (χ4n) is 2.84. The van der Waals surface area contributed by atoms with E-state index in [0.29, 0.717) is 18.1 Å². The number of amides is 1. The molecule has 0 bridgehead atoms. The zero-order valence-electron chi connectivity index (χ0n) is 14.4. The van der Waals surface area contributed by atoms with Crippen LogP contribution >= 0.6 is 15.9 Å². The fourth-order valence-corrected chi connectivity index (χ4v) is 3.10. The molecule has 1 aromatic heterocycles. The van der Waals surface area contributed by atoms with E-state index in [-0.39, 0.29) is 12.3 Å². The van der Waals surface area contributed by atoms with Gasteiger partial charge in [0.1, 0.15) is 0 Å². The highest BCUT2D eigenvalue weighted by Gasteiger charge is 2.11. The van der Waals surface area contributed by atoms with Gasteiger partial charge in [-0.1, -0.05) is 57.5 Å². The van der Waals surface area contributed by atoms with Crippen LogP contribution in [0.3, 0.4) is 0 Å². The molecule has 0 saturated heterocycles. The van der Waals surface area contributed by atoms with Crippen molar-refractivity contribution in [2.45, 2.75) is 12.8 Å². The van der Waals surface area contributed by atoms with Crippen molar-refractivity contribution in [3.8, 4) is 11.4 Å². The van der Waals surface area contributed by atoms with Crippen LogP contribution in [0.15, 0.2) is 75.7 Å². The Morgan fingerprint density at radius 3 is 2.63 bits per heavy atom. The molecule has 4 aromatic rings. The van der Waals surface area contributed by atoms with Crippen LogP contribution in [0, 0.1) is 0 Å². The van der Waals surface area contributed by atoms with Gasteiger partial charge in [-0.05, 0) is 35.7 Å². The summed E-state index contributed by atoms with van der Waals surface area (Å²) in [6.07, 6.45) is 0.658. The third kappa shape index (κ3) is 4.06. The number of hydrogen-bond donors (Lipinski definition) is 1. The lowest BCUT2D eigenvalue weighted by molar-refractivity contribution is -0.116. The second-order valence-electron chi connectivity index (χ2n) is 6.09. The SMILES string of the molecule is O=C(CCc1nc(-c2ccc(Br)cc2)no1)Nc1cccc2ccccc12. The molecule has 0 atom stereocenters. The van der Waals surface area contributed by atoms with Gasteiger partial charge in [0.2, 0.25) is 17.6 Å². The Hall–Kier alpha value is -2.99. The average Bonchev–Trinajstić information content (AvgIpc) is 3.16. The Labute approximate surface area is 164 Å². The quantitative estimate of drug-likeness (QED) is 0.479.